The van der Waals surface area contributed by atoms with E-state index < -0.39 is 0 Å². The highest BCUT2D eigenvalue weighted by atomic mass is 16.3. The first-order valence-electron chi connectivity index (χ1n) is 8.59. The maximum Gasteiger partial charge on any atom is 0.118 e. The van der Waals surface area contributed by atoms with Crippen molar-refractivity contribution in [1.82, 2.24) is 10.2 Å². The van der Waals surface area contributed by atoms with Crippen molar-refractivity contribution in [3.63, 3.8) is 0 Å². The number of hydrogen-bond acceptors (Lipinski definition) is 3. The van der Waals surface area contributed by atoms with Crippen LogP contribution in [0.15, 0.2) is 10.5 Å². The lowest BCUT2D eigenvalue weighted by atomic mass is 9.87. The summed E-state index contributed by atoms with van der Waals surface area (Å²) in [6.07, 6.45) is 6.59. The van der Waals surface area contributed by atoms with Crippen molar-refractivity contribution >= 4 is 0 Å². The van der Waals surface area contributed by atoms with Gasteiger partial charge in [0, 0.05) is 18.2 Å². The molecule has 0 saturated heterocycles. The Kier molecular flexibility index (Phi) is 6.31. The first-order valence-corrected chi connectivity index (χ1v) is 8.59. The number of furan rings is 1. The minimum atomic E-state index is 0.730. The zero-order valence-electron chi connectivity index (χ0n) is 14.2. The summed E-state index contributed by atoms with van der Waals surface area (Å²) in [5.74, 6) is 3.10. The molecule has 0 aliphatic heterocycles. The fourth-order valence-electron chi connectivity index (χ4n) is 3.30. The SMILES string of the molecule is CCCNCc1cc(CN(C)C2CCC(C)CC2)oc1C. The van der Waals surface area contributed by atoms with Crippen molar-refractivity contribution in [3.05, 3.63) is 23.2 Å². The summed E-state index contributed by atoms with van der Waals surface area (Å²) in [5, 5.41) is 3.45. The third-order valence-electron chi connectivity index (χ3n) is 4.83. The maximum atomic E-state index is 5.95. The summed E-state index contributed by atoms with van der Waals surface area (Å²) in [6, 6.07) is 2.97. The number of nitrogens with zero attached hydrogens (tertiary/aromatic N) is 1. The minimum absolute atomic E-state index is 0.730. The van der Waals surface area contributed by atoms with E-state index in [1.54, 1.807) is 0 Å². The molecule has 0 aromatic carbocycles. The molecule has 0 spiro atoms. The van der Waals surface area contributed by atoms with E-state index in [0.717, 1.165) is 43.1 Å². The maximum absolute atomic E-state index is 5.95. The molecule has 120 valence electrons. The third kappa shape index (κ3) is 4.86. The lowest BCUT2D eigenvalue weighted by molar-refractivity contribution is 0.154. The molecule has 1 fully saturated rings. The molecule has 1 aromatic heterocycles. The zero-order valence-corrected chi connectivity index (χ0v) is 14.2. The zero-order chi connectivity index (χ0) is 15.2. The Morgan fingerprint density at radius 2 is 2.00 bits per heavy atom. The molecule has 3 heteroatoms. The van der Waals surface area contributed by atoms with E-state index >= 15 is 0 Å². The van der Waals surface area contributed by atoms with Crippen LogP contribution in [0.25, 0.3) is 0 Å². The second kappa shape index (κ2) is 8.00. The van der Waals surface area contributed by atoms with E-state index in [9.17, 15) is 0 Å². The Hall–Kier alpha value is -0.800. The Morgan fingerprint density at radius 3 is 2.67 bits per heavy atom. The quantitative estimate of drug-likeness (QED) is 0.767. The highest BCUT2D eigenvalue weighted by molar-refractivity contribution is 5.20. The Bertz CT molecular complexity index is 419. The molecular formula is C18H32N2O. The molecule has 1 aliphatic carbocycles. The number of rotatable bonds is 7. The predicted octanol–water partition coefficient (Wildman–Crippen LogP) is 4.10. The van der Waals surface area contributed by atoms with Gasteiger partial charge in [-0.2, -0.15) is 0 Å². The van der Waals surface area contributed by atoms with Gasteiger partial charge in [0.25, 0.3) is 0 Å². The Morgan fingerprint density at radius 1 is 1.29 bits per heavy atom. The van der Waals surface area contributed by atoms with Gasteiger partial charge in [-0.15, -0.1) is 0 Å². The smallest absolute Gasteiger partial charge is 0.118 e. The molecule has 1 saturated carbocycles. The minimum Gasteiger partial charge on any atom is -0.465 e. The third-order valence-corrected chi connectivity index (χ3v) is 4.83. The highest BCUT2D eigenvalue weighted by Crippen LogP contribution is 2.27. The lowest BCUT2D eigenvalue weighted by Gasteiger charge is -2.33. The molecule has 1 heterocycles. The fraction of sp³-hybridized carbons (Fsp3) is 0.778. The van der Waals surface area contributed by atoms with Crippen molar-refractivity contribution in [2.24, 2.45) is 5.92 Å². The standard InChI is InChI=1S/C18H32N2O/c1-5-10-19-12-16-11-18(21-15(16)3)13-20(4)17-8-6-14(2)7-9-17/h11,14,17,19H,5-10,12-13H2,1-4H3. The fourth-order valence-corrected chi connectivity index (χ4v) is 3.30. The molecule has 0 radical (unpaired) electrons. The molecule has 21 heavy (non-hydrogen) atoms. The van der Waals surface area contributed by atoms with E-state index in [1.807, 2.05) is 0 Å². The molecular weight excluding hydrogens is 260 g/mol. The Balaban J connectivity index is 1.86. The highest BCUT2D eigenvalue weighted by Gasteiger charge is 2.22. The largest absolute Gasteiger partial charge is 0.465 e. The van der Waals surface area contributed by atoms with Crippen molar-refractivity contribution in [2.75, 3.05) is 13.6 Å². The predicted molar refractivity (Wildman–Crippen MR) is 88.3 cm³/mol. The van der Waals surface area contributed by atoms with Gasteiger partial charge in [0.1, 0.15) is 11.5 Å². The van der Waals surface area contributed by atoms with Gasteiger partial charge in [0.2, 0.25) is 0 Å². The van der Waals surface area contributed by atoms with Gasteiger partial charge >= 0.3 is 0 Å². The normalized spacial score (nSPS) is 22.9. The summed E-state index contributed by atoms with van der Waals surface area (Å²) >= 11 is 0. The second-order valence-corrected chi connectivity index (χ2v) is 6.80. The van der Waals surface area contributed by atoms with E-state index in [1.165, 1.54) is 37.7 Å². The van der Waals surface area contributed by atoms with Crippen molar-refractivity contribution in [1.29, 1.82) is 0 Å². The van der Waals surface area contributed by atoms with Gasteiger partial charge in [-0.1, -0.05) is 13.8 Å². The van der Waals surface area contributed by atoms with E-state index in [2.05, 4.69) is 44.1 Å². The summed E-state index contributed by atoms with van der Waals surface area (Å²) in [6.45, 7) is 9.58. The second-order valence-electron chi connectivity index (χ2n) is 6.80. The summed E-state index contributed by atoms with van der Waals surface area (Å²) in [5.41, 5.74) is 1.31. The van der Waals surface area contributed by atoms with E-state index in [4.69, 9.17) is 4.42 Å². The van der Waals surface area contributed by atoms with Gasteiger partial charge in [-0.25, -0.2) is 0 Å². The summed E-state index contributed by atoms with van der Waals surface area (Å²) < 4.78 is 5.95. The van der Waals surface area contributed by atoms with Crippen molar-refractivity contribution < 1.29 is 4.42 Å². The average molecular weight is 292 g/mol. The molecule has 0 amide bonds. The number of aryl methyl sites for hydroxylation is 1. The van der Waals surface area contributed by atoms with Crippen LogP contribution in [0.2, 0.25) is 0 Å². The van der Waals surface area contributed by atoms with Crippen LogP contribution in [-0.2, 0) is 13.1 Å². The van der Waals surface area contributed by atoms with Crippen LogP contribution in [0, 0.1) is 12.8 Å². The van der Waals surface area contributed by atoms with E-state index in [0.29, 0.717) is 0 Å². The van der Waals surface area contributed by atoms with Crippen LogP contribution in [0.4, 0.5) is 0 Å². The van der Waals surface area contributed by atoms with Crippen molar-refractivity contribution in [2.45, 2.75) is 72.0 Å². The van der Waals surface area contributed by atoms with Crippen LogP contribution in [-0.4, -0.2) is 24.5 Å². The Labute approximate surface area is 130 Å². The van der Waals surface area contributed by atoms with Gasteiger partial charge in [-0.05, 0) is 64.6 Å². The van der Waals surface area contributed by atoms with Crippen LogP contribution in [0.5, 0.6) is 0 Å². The van der Waals surface area contributed by atoms with Gasteiger partial charge in [0.15, 0.2) is 0 Å². The van der Waals surface area contributed by atoms with Crippen LogP contribution < -0.4 is 5.32 Å². The molecule has 1 aromatic rings. The van der Waals surface area contributed by atoms with E-state index in [-0.39, 0.29) is 0 Å². The first-order chi connectivity index (χ1) is 10.1. The molecule has 1 N–H and O–H groups in total. The molecule has 0 atom stereocenters. The number of hydrogen-bond donors (Lipinski definition) is 1. The topological polar surface area (TPSA) is 28.4 Å². The molecule has 1 aliphatic rings. The lowest BCUT2D eigenvalue weighted by Crippen LogP contribution is -2.34. The molecule has 3 nitrogen and oxygen atoms in total. The van der Waals surface area contributed by atoms with Crippen LogP contribution in [0.1, 0.15) is 63.0 Å². The van der Waals surface area contributed by atoms with Gasteiger partial charge in [-0.3, -0.25) is 4.90 Å². The molecule has 0 bridgehead atoms. The molecule has 0 unspecified atom stereocenters. The molecule has 2 rings (SSSR count). The van der Waals surface area contributed by atoms with Gasteiger partial charge < -0.3 is 9.73 Å². The van der Waals surface area contributed by atoms with Gasteiger partial charge in [0.05, 0.1) is 6.54 Å². The number of nitrogens with one attached hydrogen (secondary N) is 1. The average Bonchev–Trinajstić information content (AvgIpc) is 2.80. The summed E-state index contributed by atoms with van der Waals surface area (Å²) in [4.78, 5) is 2.48. The first kappa shape index (κ1) is 16.6. The summed E-state index contributed by atoms with van der Waals surface area (Å²) in [7, 11) is 2.24. The van der Waals surface area contributed by atoms with Crippen molar-refractivity contribution in [3.8, 4) is 0 Å². The van der Waals surface area contributed by atoms with Crippen LogP contribution in [0.3, 0.4) is 0 Å². The van der Waals surface area contributed by atoms with Crippen LogP contribution >= 0.6 is 0 Å². The monoisotopic (exact) mass is 292 g/mol.